The minimum atomic E-state index is -0.00146. The molecule has 1 aromatic heterocycles. The van der Waals surface area contributed by atoms with Gasteiger partial charge < -0.3 is 20.1 Å². The van der Waals surface area contributed by atoms with Gasteiger partial charge >= 0.3 is 0 Å². The summed E-state index contributed by atoms with van der Waals surface area (Å²) in [7, 11) is 5.22. The molecular weight excluding hydrogens is 459 g/mol. The van der Waals surface area contributed by atoms with Crippen LogP contribution in [-0.4, -0.2) is 54.6 Å². The number of hydrogen-bond donors (Lipinski definition) is 2. The van der Waals surface area contributed by atoms with Crippen LogP contribution >= 0.6 is 24.0 Å². The molecule has 0 aliphatic heterocycles. The van der Waals surface area contributed by atoms with Crippen molar-refractivity contribution >= 4 is 35.8 Å². The standard InChI is InChI=1S/C18H26N6O2.HI/c1-13-22-16(26-23-13)6-5-11-20-18(19-2)21-12-14-7-9-15(10-8-14)17(25)24(3)4;/h7-10H,5-6,11-12H2,1-4H3,(H2,19,20,21);1H. The molecular formula is C18H27IN6O2. The van der Waals surface area contributed by atoms with Gasteiger partial charge in [0, 0.05) is 46.2 Å². The van der Waals surface area contributed by atoms with E-state index in [4.69, 9.17) is 4.52 Å². The van der Waals surface area contributed by atoms with Gasteiger partial charge in [0.15, 0.2) is 11.8 Å². The van der Waals surface area contributed by atoms with Crippen molar-refractivity contribution in [2.24, 2.45) is 4.99 Å². The lowest BCUT2D eigenvalue weighted by molar-refractivity contribution is 0.0827. The molecule has 0 unspecified atom stereocenters. The molecule has 2 aromatic rings. The largest absolute Gasteiger partial charge is 0.356 e. The van der Waals surface area contributed by atoms with Crippen molar-refractivity contribution in [3.05, 3.63) is 47.1 Å². The van der Waals surface area contributed by atoms with Crippen molar-refractivity contribution in [1.82, 2.24) is 25.7 Å². The number of hydrogen-bond acceptors (Lipinski definition) is 5. The molecule has 1 amide bonds. The average molecular weight is 486 g/mol. The Balaban J connectivity index is 0.00000364. The number of benzene rings is 1. The van der Waals surface area contributed by atoms with E-state index in [1.54, 1.807) is 33.0 Å². The lowest BCUT2D eigenvalue weighted by atomic mass is 10.1. The second-order valence-electron chi connectivity index (χ2n) is 6.09. The molecule has 0 radical (unpaired) electrons. The molecule has 0 aliphatic carbocycles. The van der Waals surface area contributed by atoms with Crippen LogP contribution in [0.25, 0.3) is 0 Å². The van der Waals surface area contributed by atoms with Gasteiger partial charge in [-0.1, -0.05) is 17.3 Å². The number of aromatic nitrogens is 2. The van der Waals surface area contributed by atoms with Gasteiger partial charge in [-0.05, 0) is 31.0 Å². The number of aryl methyl sites for hydroxylation is 2. The lowest BCUT2D eigenvalue weighted by Crippen LogP contribution is -2.37. The van der Waals surface area contributed by atoms with E-state index in [-0.39, 0.29) is 29.9 Å². The highest BCUT2D eigenvalue weighted by Crippen LogP contribution is 2.06. The van der Waals surface area contributed by atoms with Gasteiger partial charge in [0.1, 0.15) is 0 Å². The van der Waals surface area contributed by atoms with Crippen molar-refractivity contribution in [1.29, 1.82) is 0 Å². The number of rotatable bonds is 7. The quantitative estimate of drug-likeness (QED) is 0.269. The Kier molecular flexibility index (Phi) is 9.76. The fourth-order valence-electron chi connectivity index (χ4n) is 2.32. The van der Waals surface area contributed by atoms with E-state index in [9.17, 15) is 4.79 Å². The van der Waals surface area contributed by atoms with Crippen LogP contribution in [0.2, 0.25) is 0 Å². The Hall–Kier alpha value is -2.17. The van der Waals surface area contributed by atoms with E-state index in [2.05, 4.69) is 25.8 Å². The van der Waals surface area contributed by atoms with Gasteiger partial charge in [-0.3, -0.25) is 9.79 Å². The highest BCUT2D eigenvalue weighted by molar-refractivity contribution is 14.0. The number of carbonyl (C=O) groups excluding carboxylic acids is 1. The maximum atomic E-state index is 11.9. The summed E-state index contributed by atoms with van der Waals surface area (Å²) < 4.78 is 5.08. The minimum Gasteiger partial charge on any atom is -0.356 e. The van der Waals surface area contributed by atoms with Crippen LogP contribution in [-0.2, 0) is 13.0 Å². The van der Waals surface area contributed by atoms with E-state index in [0.29, 0.717) is 23.8 Å². The van der Waals surface area contributed by atoms with Crippen molar-refractivity contribution in [2.75, 3.05) is 27.7 Å². The molecule has 0 spiro atoms. The molecule has 27 heavy (non-hydrogen) atoms. The first kappa shape index (κ1) is 22.9. The highest BCUT2D eigenvalue weighted by atomic mass is 127. The first-order chi connectivity index (χ1) is 12.5. The Morgan fingerprint density at radius 1 is 1.22 bits per heavy atom. The molecule has 0 atom stereocenters. The van der Waals surface area contributed by atoms with E-state index in [1.807, 2.05) is 24.3 Å². The Bertz CT molecular complexity index is 743. The number of carbonyl (C=O) groups is 1. The van der Waals surface area contributed by atoms with Gasteiger partial charge in [-0.25, -0.2) is 0 Å². The second-order valence-corrected chi connectivity index (χ2v) is 6.09. The molecule has 1 heterocycles. The zero-order valence-electron chi connectivity index (χ0n) is 16.2. The molecule has 2 rings (SSSR count). The number of nitrogens with one attached hydrogen (secondary N) is 2. The summed E-state index contributed by atoms with van der Waals surface area (Å²) in [4.78, 5) is 21.8. The average Bonchev–Trinajstić information content (AvgIpc) is 3.06. The van der Waals surface area contributed by atoms with E-state index < -0.39 is 0 Å². The predicted molar refractivity (Wildman–Crippen MR) is 115 cm³/mol. The maximum Gasteiger partial charge on any atom is 0.253 e. The molecule has 2 N–H and O–H groups in total. The number of halogens is 1. The third kappa shape index (κ3) is 7.53. The van der Waals surface area contributed by atoms with Crippen molar-refractivity contribution in [3.63, 3.8) is 0 Å². The fourth-order valence-corrected chi connectivity index (χ4v) is 2.32. The van der Waals surface area contributed by atoms with Crippen LogP contribution in [0.5, 0.6) is 0 Å². The van der Waals surface area contributed by atoms with Crippen LogP contribution in [0.4, 0.5) is 0 Å². The van der Waals surface area contributed by atoms with Gasteiger partial charge in [0.05, 0.1) is 0 Å². The fraction of sp³-hybridized carbons (Fsp3) is 0.444. The Morgan fingerprint density at radius 3 is 2.48 bits per heavy atom. The third-order valence-corrected chi connectivity index (χ3v) is 3.72. The van der Waals surface area contributed by atoms with Gasteiger partial charge in [0.2, 0.25) is 5.89 Å². The maximum absolute atomic E-state index is 11.9. The zero-order valence-corrected chi connectivity index (χ0v) is 18.5. The molecule has 0 saturated carbocycles. The molecule has 0 saturated heterocycles. The first-order valence-electron chi connectivity index (χ1n) is 8.54. The SMILES string of the molecule is CN=C(NCCCc1nc(C)no1)NCc1ccc(C(=O)N(C)C)cc1.I. The van der Waals surface area contributed by atoms with Crippen LogP contribution in [0.1, 0.15) is 34.1 Å². The van der Waals surface area contributed by atoms with Crippen LogP contribution in [0.15, 0.2) is 33.8 Å². The molecule has 8 nitrogen and oxygen atoms in total. The summed E-state index contributed by atoms with van der Waals surface area (Å²) in [5.41, 5.74) is 1.75. The van der Waals surface area contributed by atoms with Crippen molar-refractivity contribution in [3.8, 4) is 0 Å². The first-order valence-corrected chi connectivity index (χ1v) is 8.54. The number of amides is 1. The summed E-state index contributed by atoms with van der Waals surface area (Å²) in [6, 6.07) is 7.55. The van der Waals surface area contributed by atoms with Gasteiger partial charge in [0.25, 0.3) is 5.91 Å². The summed E-state index contributed by atoms with van der Waals surface area (Å²) in [6.45, 7) is 3.18. The summed E-state index contributed by atoms with van der Waals surface area (Å²) in [5, 5.41) is 10.3. The zero-order chi connectivity index (χ0) is 18.9. The molecule has 1 aromatic carbocycles. The Morgan fingerprint density at radius 2 is 1.93 bits per heavy atom. The van der Waals surface area contributed by atoms with E-state index in [1.165, 1.54) is 0 Å². The smallest absolute Gasteiger partial charge is 0.253 e. The van der Waals surface area contributed by atoms with Crippen molar-refractivity contribution in [2.45, 2.75) is 26.3 Å². The predicted octanol–water partition coefficient (Wildman–Crippen LogP) is 2.00. The molecule has 9 heteroatoms. The van der Waals surface area contributed by atoms with Crippen LogP contribution in [0.3, 0.4) is 0 Å². The minimum absolute atomic E-state index is 0. The van der Waals surface area contributed by atoms with Crippen LogP contribution in [0, 0.1) is 6.92 Å². The molecule has 0 aliphatic rings. The monoisotopic (exact) mass is 486 g/mol. The van der Waals surface area contributed by atoms with E-state index >= 15 is 0 Å². The third-order valence-electron chi connectivity index (χ3n) is 3.72. The van der Waals surface area contributed by atoms with E-state index in [0.717, 1.165) is 30.9 Å². The molecule has 0 fully saturated rings. The summed E-state index contributed by atoms with van der Waals surface area (Å²) in [6.07, 6.45) is 1.59. The highest BCUT2D eigenvalue weighted by Gasteiger charge is 2.07. The van der Waals surface area contributed by atoms with Gasteiger partial charge in [-0.2, -0.15) is 4.98 Å². The normalized spacial score (nSPS) is 10.9. The molecule has 148 valence electrons. The van der Waals surface area contributed by atoms with Crippen molar-refractivity contribution < 1.29 is 9.32 Å². The Labute approximate surface area is 176 Å². The lowest BCUT2D eigenvalue weighted by Gasteiger charge is -2.13. The number of aliphatic imine (C=N–C) groups is 1. The summed E-state index contributed by atoms with van der Waals surface area (Å²) >= 11 is 0. The molecule has 0 bridgehead atoms. The number of guanidine groups is 1. The second kappa shape index (κ2) is 11.5. The van der Waals surface area contributed by atoms with Crippen LogP contribution < -0.4 is 10.6 Å². The summed E-state index contributed by atoms with van der Waals surface area (Å²) in [5.74, 6) is 2.03. The number of nitrogens with zero attached hydrogens (tertiary/aromatic N) is 4. The van der Waals surface area contributed by atoms with Gasteiger partial charge in [-0.15, -0.1) is 24.0 Å². The topological polar surface area (TPSA) is 95.6 Å².